The molecular formula is C15H20BrNO2. The highest BCUT2D eigenvalue weighted by Crippen LogP contribution is 2.26. The molecule has 0 aliphatic carbocycles. The predicted molar refractivity (Wildman–Crippen MR) is 79.2 cm³/mol. The van der Waals surface area contributed by atoms with Gasteiger partial charge in [0.1, 0.15) is 5.75 Å². The molecule has 3 nitrogen and oxygen atoms in total. The maximum Gasteiger partial charge on any atom is 0.222 e. The average molecular weight is 326 g/mol. The number of amides is 1. The number of nitrogens with zero attached hydrogens (tertiary/aromatic N) is 1. The van der Waals surface area contributed by atoms with Crippen molar-refractivity contribution in [2.75, 3.05) is 13.7 Å². The Morgan fingerprint density at radius 2 is 2.05 bits per heavy atom. The minimum absolute atomic E-state index is 0.284. The van der Waals surface area contributed by atoms with E-state index in [-0.39, 0.29) is 5.91 Å². The molecule has 0 bridgehead atoms. The summed E-state index contributed by atoms with van der Waals surface area (Å²) in [6.45, 7) is 1.57. The second kappa shape index (κ2) is 6.94. The van der Waals surface area contributed by atoms with Gasteiger partial charge in [0.2, 0.25) is 5.91 Å². The number of ether oxygens (including phenoxy) is 1. The zero-order valence-electron chi connectivity index (χ0n) is 11.3. The third-order valence-corrected chi connectivity index (χ3v) is 4.13. The van der Waals surface area contributed by atoms with Crippen LogP contribution in [-0.4, -0.2) is 24.5 Å². The molecule has 0 saturated carbocycles. The van der Waals surface area contributed by atoms with E-state index in [0.29, 0.717) is 13.0 Å². The van der Waals surface area contributed by atoms with Crippen molar-refractivity contribution in [2.24, 2.45) is 0 Å². The van der Waals surface area contributed by atoms with Gasteiger partial charge in [0.25, 0.3) is 0 Å². The molecule has 1 aromatic carbocycles. The van der Waals surface area contributed by atoms with Gasteiger partial charge >= 0.3 is 0 Å². The van der Waals surface area contributed by atoms with Crippen molar-refractivity contribution in [3.8, 4) is 5.75 Å². The van der Waals surface area contributed by atoms with Crippen LogP contribution in [0.2, 0.25) is 0 Å². The van der Waals surface area contributed by atoms with Crippen LogP contribution in [0.25, 0.3) is 0 Å². The van der Waals surface area contributed by atoms with Gasteiger partial charge in [-0.3, -0.25) is 4.79 Å². The molecule has 1 fully saturated rings. The Balaban J connectivity index is 2.05. The first-order valence-corrected chi connectivity index (χ1v) is 7.60. The van der Waals surface area contributed by atoms with Crippen molar-refractivity contribution >= 4 is 21.8 Å². The van der Waals surface area contributed by atoms with Gasteiger partial charge in [0.05, 0.1) is 11.6 Å². The predicted octanol–water partition coefficient (Wildman–Crippen LogP) is 3.75. The highest BCUT2D eigenvalue weighted by molar-refractivity contribution is 9.10. The van der Waals surface area contributed by atoms with Crippen molar-refractivity contribution < 1.29 is 9.53 Å². The number of hydrogen-bond acceptors (Lipinski definition) is 2. The normalized spacial score (nSPS) is 16.9. The number of halogens is 1. The first-order valence-electron chi connectivity index (χ1n) is 6.81. The van der Waals surface area contributed by atoms with Gasteiger partial charge < -0.3 is 9.64 Å². The van der Waals surface area contributed by atoms with E-state index in [1.165, 1.54) is 12.8 Å². The van der Waals surface area contributed by atoms with Crippen molar-refractivity contribution in [1.29, 1.82) is 0 Å². The zero-order valence-corrected chi connectivity index (χ0v) is 12.9. The molecular weight excluding hydrogens is 306 g/mol. The van der Waals surface area contributed by atoms with E-state index < -0.39 is 0 Å². The Labute approximate surface area is 123 Å². The summed E-state index contributed by atoms with van der Waals surface area (Å²) in [5, 5.41) is 0. The zero-order chi connectivity index (χ0) is 13.7. The minimum atomic E-state index is 0.284. The summed E-state index contributed by atoms with van der Waals surface area (Å²) in [5.41, 5.74) is 1.14. The van der Waals surface area contributed by atoms with Gasteiger partial charge in [-0.05, 0) is 46.5 Å². The van der Waals surface area contributed by atoms with Gasteiger partial charge in [-0.25, -0.2) is 0 Å². The summed E-state index contributed by atoms with van der Waals surface area (Å²) >= 11 is 3.49. The topological polar surface area (TPSA) is 29.5 Å². The van der Waals surface area contributed by atoms with E-state index in [0.717, 1.165) is 35.2 Å². The number of methoxy groups -OCH3 is 1. The molecule has 1 saturated heterocycles. The standard InChI is InChI=1S/C15H20BrNO2/c1-19-14-8-7-12(10-13(14)16)11-17-9-5-3-2-4-6-15(17)18/h7-8,10H,2-6,9,11H2,1H3. The van der Waals surface area contributed by atoms with Gasteiger partial charge in [-0.15, -0.1) is 0 Å². The summed E-state index contributed by atoms with van der Waals surface area (Å²) in [6, 6.07) is 5.99. The van der Waals surface area contributed by atoms with E-state index in [4.69, 9.17) is 4.74 Å². The van der Waals surface area contributed by atoms with Crippen molar-refractivity contribution in [1.82, 2.24) is 4.90 Å². The van der Waals surface area contributed by atoms with Gasteiger partial charge in [-0.1, -0.05) is 18.9 Å². The average Bonchev–Trinajstić information content (AvgIpc) is 2.39. The molecule has 19 heavy (non-hydrogen) atoms. The lowest BCUT2D eigenvalue weighted by Crippen LogP contribution is -2.32. The lowest BCUT2D eigenvalue weighted by atomic mass is 10.1. The molecule has 4 heteroatoms. The molecule has 0 unspecified atom stereocenters. The molecule has 1 aromatic rings. The van der Waals surface area contributed by atoms with Crippen LogP contribution < -0.4 is 4.74 Å². The van der Waals surface area contributed by atoms with Gasteiger partial charge in [0.15, 0.2) is 0 Å². The molecule has 0 atom stereocenters. The van der Waals surface area contributed by atoms with Crippen LogP contribution in [0.15, 0.2) is 22.7 Å². The molecule has 2 rings (SSSR count). The van der Waals surface area contributed by atoms with Crippen LogP contribution in [0, 0.1) is 0 Å². The lowest BCUT2D eigenvalue weighted by Gasteiger charge is -2.25. The molecule has 1 aliphatic rings. The number of hydrogen-bond donors (Lipinski definition) is 0. The van der Waals surface area contributed by atoms with Crippen molar-refractivity contribution in [3.05, 3.63) is 28.2 Å². The maximum atomic E-state index is 12.1. The number of rotatable bonds is 3. The van der Waals surface area contributed by atoms with Gasteiger partial charge in [0, 0.05) is 19.5 Å². The Morgan fingerprint density at radius 1 is 1.26 bits per heavy atom. The second-order valence-corrected chi connectivity index (χ2v) is 5.80. The van der Waals surface area contributed by atoms with Crippen molar-refractivity contribution in [2.45, 2.75) is 38.6 Å². The summed E-state index contributed by atoms with van der Waals surface area (Å²) < 4.78 is 6.16. The number of likely N-dealkylation sites (tertiary alicyclic amines) is 1. The molecule has 1 heterocycles. The summed E-state index contributed by atoms with van der Waals surface area (Å²) in [4.78, 5) is 14.0. The first-order chi connectivity index (χ1) is 9.20. The van der Waals surface area contributed by atoms with E-state index in [2.05, 4.69) is 15.9 Å². The van der Waals surface area contributed by atoms with E-state index >= 15 is 0 Å². The van der Waals surface area contributed by atoms with Crippen molar-refractivity contribution in [3.63, 3.8) is 0 Å². The lowest BCUT2D eigenvalue weighted by molar-refractivity contribution is -0.132. The van der Waals surface area contributed by atoms with Crippen LogP contribution in [0.3, 0.4) is 0 Å². The van der Waals surface area contributed by atoms with Crippen LogP contribution in [0.1, 0.15) is 37.7 Å². The summed E-state index contributed by atoms with van der Waals surface area (Å²) in [5.74, 6) is 1.11. The fraction of sp³-hybridized carbons (Fsp3) is 0.533. The fourth-order valence-corrected chi connectivity index (χ4v) is 3.00. The first kappa shape index (κ1) is 14.4. The third-order valence-electron chi connectivity index (χ3n) is 3.51. The molecule has 1 aliphatic heterocycles. The Hall–Kier alpha value is -1.03. The highest BCUT2D eigenvalue weighted by atomic mass is 79.9. The van der Waals surface area contributed by atoms with Crippen LogP contribution in [0.5, 0.6) is 5.75 Å². The van der Waals surface area contributed by atoms with Crippen LogP contribution >= 0.6 is 15.9 Å². The monoisotopic (exact) mass is 325 g/mol. The Kier molecular flexibility index (Phi) is 5.25. The largest absolute Gasteiger partial charge is 0.496 e. The molecule has 0 spiro atoms. The SMILES string of the molecule is COc1ccc(CN2CCCCCCC2=O)cc1Br. The van der Waals surface area contributed by atoms with E-state index in [1.807, 2.05) is 23.1 Å². The molecule has 0 radical (unpaired) electrons. The second-order valence-electron chi connectivity index (χ2n) is 4.95. The van der Waals surface area contributed by atoms with Crippen LogP contribution in [0.4, 0.5) is 0 Å². The van der Waals surface area contributed by atoms with Gasteiger partial charge in [-0.2, -0.15) is 0 Å². The quantitative estimate of drug-likeness (QED) is 0.847. The smallest absolute Gasteiger partial charge is 0.222 e. The Bertz CT molecular complexity index is 448. The molecule has 104 valence electrons. The molecule has 0 N–H and O–H groups in total. The summed E-state index contributed by atoms with van der Waals surface area (Å²) in [7, 11) is 1.65. The molecule has 0 aromatic heterocycles. The molecule has 1 amide bonds. The Morgan fingerprint density at radius 3 is 2.79 bits per heavy atom. The number of carbonyl (C=O) groups is 1. The highest BCUT2D eigenvalue weighted by Gasteiger charge is 2.16. The van der Waals surface area contributed by atoms with E-state index in [1.54, 1.807) is 7.11 Å². The minimum Gasteiger partial charge on any atom is -0.496 e. The van der Waals surface area contributed by atoms with E-state index in [9.17, 15) is 4.79 Å². The number of benzene rings is 1. The fourth-order valence-electron chi connectivity index (χ4n) is 2.41. The van der Waals surface area contributed by atoms with Crippen LogP contribution in [-0.2, 0) is 11.3 Å². The number of carbonyl (C=O) groups excluding carboxylic acids is 1. The summed E-state index contributed by atoms with van der Waals surface area (Å²) in [6.07, 6.45) is 5.26. The third kappa shape index (κ3) is 3.96. The maximum absolute atomic E-state index is 12.1.